The molecule has 0 fully saturated rings. The van der Waals surface area contributed by atoms with Crippen molar-refractivity contribution in [2.75, 3.05) is 14.2 Å². The van der Waals surface area contributed by atoms with Gasteiger partial charge in [-0.3, -0.25) is 9.48 Å². The van der Waals surface area contributed by atoms with E-state index in [2.05, 4.69) is 10.4 Å². The molecule has 112 valence electrons. The van der Waals surface area contributed by atoms with Gasteiger partial charge in [-0.2, -0.15) is 5.10 Å². The van der Waals surface area contributed by atoms with E-state index in [1.807, 2.05) is 19.1 Å². The second-order valence-electron chi connectivity index (χ2n) is 4.66. The summed E-state index contributed by atoms with van der Waals surface area (Å²) in [5, 5.41) is 7.02. The predicted molar refractivity (Wildman–Crippen MR) is 78.7 cm³/mol. The average molecular weight is 289 g/mol. The summed E-state index contributed by atoms with van der Waals surface area (Å²) < 4.78 is 12.0. The normalized spacial score (nSPS) is 10.3. The van der Waals surface area contributed by atoms with Crippen LogP contribution in [0.3, 0.4) is 0 Å². The van der Waals surface area contributed by atoms with E-state index in [-0.39, 0.29) is 5.91 Å². The van der Waals surface area contributed by atoms with Crippen molar-refractivity contribution in [3.8, 4) is 11.5 Å². The number of hydrogen-bond acceptors (Lipinski definition) is 4. The van der Waals surface area contributed by atoms with Crippen molar-refractivity contribution in [1.29, 1.82) is 0 Å². The summed E-state index contributed by atoms with van der Waals surface area (Å²) in [6, 6.07) is 7.24. The number of methoxy groups -OCH3 is 2. The molecule has 2 rings (SSSR count). The number of amides is 1. The Hall–Kier alpha value is -2.50. The SMILES string of the molecule is COc1ccc(CNC(=O)c2cc(C)nn2C)c(OC)c1. The first-order chi connectivity index (χ1) is 10.0. The van der Waals surface area contributed by atoms with Gasteiger partial charge in [0.2, 0.25) is 0 Å². The van der Waals surface area contributed by atoms with Crippen LogP contribution in [0.15, 0.2) is 24.3 Å². The lowest BCUT2D eigenvalue weighted by molar-refractivity contribution is 0.0941. The molecule has 0 aliphatic carbocycles. The van der Waals surface area contributed by atoms with Crippen LogP contribution >= 0.6 is 0 Å². The van der Waals surface area contributed by atoms with E-state index in [9.17, 15) is 4.79 Å². The first-order valence-corrected chi connectivity index (χ1v) is 6.55. The standard InChI is InChI=1S/C15H19N3O3/c1-10-7-13(18(2)17-10)15(19)16-9-11-5-6-12(20-3)8-14(11)21-4/h5-8H,9H2,1-4H3,(H,16,19). The number of carbonyl (C=O) groups excluding carboxylic acids is 1. The van der Waals surface area contributed by atoms with Crippen LogP contribution in [0.2, 0.25) is 0 Å². The fourth-order valence-electron chi connectivity index (χ4n) is 2.09. The Bertz CT molecular complexity index is 650. The molecule has 0 saturated carbocycles. The molecule has 0 atom stereocenters. The zero-order valence-corrected chi connectivity index (χ0v) is 12.6. The van der Waals surface area contributed by atoms with Gasteiger partial charge in [0.1, 0.15) is 17.2 Å². The summed E-state index contributed by atoms with van der Waals surface area (Å²) in [6.07, 6.45) is 0. The fraction of sp³-hybridized carbons (Fsp3) is 0.333. The molecule has 0 aliphatic heterocycles. The molecular weight excluding hydrogens is 270 g/mol. The molecule has 1 heterocycles. The minimum Gasteiger partial charge on any atom is -0.497 e. The maximum atomic E-state index is 12.1. The summed E-state index contributed by atoms with van der Waals surface area (Å²) in [5.41, 5.74) is 2.22. The summed E-state index contributed by atoms with van der Waals surface area (Å²) in [6.45, 7) is 2.22. The fourth-order valence-corrected chi connectivity index (χ4v) is 2.09. The Morgan fingerprint density at radius 1 is 1.29 bits per heavy atom. The van der Waals surface area contributed by atoms with Crippen LogP contribution in [0, 0.1) is 6.92 Å². The monoisotopic (exact) mass is 289 g/mol. The number of nitrogens with zero attached hydrogens (tertiary/aromatic N) is 2. The van der Waals surface area contributed by atoms with Gasteiger partial charge in [0.15, 0.2) is 0 Å². The number of aryl methyl sites for hydroxylation is 2. The van der Waals surface area contributed by atoms with Crippen molar-refractivity contribution in [3.63, 3.8) is 0 Å². The van der Waals surface area contributed by atoms with Crippen molar-refractivity contribution < 1.29 is 14.3 Å². The number of aromatic nitrogens is 2. The number of ether oxygens (including phenoxy) is 2. The molecule has 1 aromatic heterocycles. The Balaban J connectivity index is 2.09. The molecule has 1 aromatic carbocycles. The summed E-state index contributed by atoms with van der Waals surface area (Å²) >= 11 is 0. The van der Waals surface area contributed by atoms with Crippen LogP contribution in [0.4, 0.5) is 0 Å². The van der Waals surface area contributed by atoms with Gasteiger partial charge in [-0.25, -0.2) is 0 Å². The van der Waals surface area contributed by atoms with Crippen molar-refractivity contribution in [2.24, 2.45) is 7.05 Å². The summed E-state index contributed by atoms with van der Waals surface area (Å²) in [5.74, 6) is 1.22. The highest BCUT2D eigenvalue weighted by atomic mass is 16.5. The lowest BCUT2D eigenvalue weighted by atomic mass is 10.2. The van der Waals surface area contributed by atoms with Gasteiger partial charge in [-0.1, -0.05) is 0 Å². The Kier molecular flexibility index (Phi) is 4.47. The lowest BCUT2D eigenvalue weighted by Gasteiger charge is -2.11. The zero-order valence-electron chi connectivity index (χ0n) is 12.6. The van der Waals surface area contributed by atoms with Crippen LogP contribution in [-0.4, -0.2) is 29.9 Å². The van der Waals surface area contributed by atoms with Crippen molar-refractivity contribution in [2.45, 2.75) is 13.5 Å². The zero-order chi connectivity index (χ0) is 15.4. The molecule has 1 N–H and O–H groups in total. The first kappa shape index (κ1) is 14.9. The third-order valence-corrected chi connectivity index (χ3v) is 3.17. The highest BCUT2D eigenvalue weighted by molar-refractivity contribution is 5.92. The minimum absolute atomic E-state index is 0.170. The van der Waals surface area contributed by atoms with Crippen molar-refractivity contribution in [3.05, 3.63) is 41.2 Å². The minimum atomic E-state index is -0.170. The van der Waals surface area contributed by atoms with Gasteiger partial charge in [0, 0.05) is 25.2 Å². The Morgan fingerprint density at radius 2 is 2.05 bits per heavy atom. The molecule has 6 heteroatoms. The van der Waals surface area contributed by atoms with Crippen LogP contribution in [-0.2, 0) is 13.6 Å². The third-order valence-electron chi connectivity index (χ3n) is 3.17. The summed E-state index contributed by atoms with van der Waals surface area (Å²) in [4.78, 5) is 12.1. The number of benzene rings is 1. The average Bonchev–Trinajstić information content (AvgIpc) is 2.83. The Labute approximate surface area is 123 Å². The second-order valence-corrected chi connectivity index (χ2v) is 4.66. The number of nitrogens with one attached hydrogen (secondary N) is 1. The van der Waals surface area contributed by atoms with Crippen molar-refractivity contribution >= 4 is 5.91 Å². The molecule has 21 heavy (non-hydrogen) atoms. The maximum absolute atomic E-state index is 12.1. The largest absolute Gasteiger partial charge is 0.497 e. The van der Waals surface area contributed by atoms with Crippen LogP contribution in [0.1, 0.15) is 21.7 Å². The second kappa shape index (κ2) is 6.30. The number of hydrogen-bond donors (Lipinski definition) is 1. The molecule has 0 spiro atoms. The molecule has 6 nitrogen and oxygen atoms in total. The van der Waals surface area contributed by atoms with Crippen LogP contribution in [0.25, 0.3) is 0 Å². The van der Waals surface area contributed by atoms with E-state index in [1.165, 1.54) is 0 Å². The van der Waals surface area contributed by atoms with E-state index >= 15 is 0 Å². The van der Waals surface area contributed by atoms with E-state index < -0.39 is 0 Å². The van der Waals surface area contributed by atoms with E-state index in [1.54, 1.807) is 38.1 Å². The van der Waals surface area contributed by atoms with Crippen LogP contribution < -0.4 is 14.8 Å². The topological polar surface area (TPSA) is 65.4 Å². The van der Waals surface area contributed by atoms with E-state index in [4.69, 9.17) is 9.47 Å². The molecule has 0 unspecified atom stereocenters. The van der Waals surface area contributed by atoms with E-state index in [0.717, 1.165) is 11.3 Å². The number of rotatable bonds is 5. The first-order valence-electron chi connectivity index (χ1n) is 6.55. The molecule has 0 bridgehead atoms. The maximum Gasteiger partial charge on any atom is 0.269 e. The lowest BCUT2D eigenvalue weighted by Crippen LogP contribution is -2.25. The third kappa shape index (κ3) is 3.34. The Morgan fingerprint density at radius 3 is 2.62 bits per heavy atom. The molecule has 1 amide bonds. The van der Waals surface area contributed by atoms with Gasteiger partial charge in [-0.15, -0.1) is 0 Å². The van der Waals surface area contributed by atoms with Gasteiger partial charge in [0.25, 0.3) is 5.91 Å². The van der Waals surface area contributed by atoms with Gasteiger partial charge < -0.3 is 14.8 Å². The predicted octanol–water partition coefficient (Wildman–Crippen LogP) is 1.68. The van der Waals surface area contributed by atoms with Gasteiger partial charge in [-0.05, 0) is 25.1 Å². The van der Waals surface area contributed by atoms with Crippen LogP contribution in [0.5, 0.6) is 11.5 Å². The molecule has 0 radical (unpaired) electrons. The molecule has 0 aliphatic rings. The quantitative estimate of drug-likeness (QED) is 0.909. The summed E-state index contributed by atoms with van der Waals surface area (Å²) in [7, 11) is 4.93. The van der Waals surface area contributed by atoms with Crippen molar-refractivity contribution in [1.82, 2.24) is 15.1 Å². The molecule has 0 saturated heterocycles. The molecular formula is C15H19N3O3. The molecule has 2 aromatic rings. The van der Waals surface area contributed by atoms with Gasteiger partial charge in [0.05, 0.1) is 19.9 Å². The van der Waals surface area contributed by atoms with E-state index in [0.29, 0.717) is 23.7 Å². The number of carbonyl (C=O) groups is 1. The highest BCUT2D eigenvalue weighted by Crippen LogP contribution is 2.24. The highest BCUT2D eigenvalue weighted by Gasteiger charge is 2.12. The smallest absolute Gasteiger partial charge is 0.269 e. The van der Waals surface area contributed by atoms with Gasteiger partial charge >= 0.3 is 0 Å².